The number of hydrogen-bond donors (Lipinski definition) is 0. The predicted octanol–water partition coefficient (Wildman–Crippen LogP) is 1.93. The Morgan fingerprint density at radius 1 is 1.50 bits per heavy atom. The second-order valence-corrected chi connectivity index (χ2v) is 4.97. The maximum Gasteiger partial charge on any atom is 0.128 e. The maximum atomic E-state index is 5.10. The number of likely N-dealkylation sites (N-methyl/N-ethyl adjacent to an activating group) is 1. The molecule has 0 N–H and O–H groups in total. The minimum absolute atomic E-state index is 0.487. The molecule has 4 nitrogen and oxygen atoms in total. The molecular weight excluding hydrogens is 226 g/mol. The number of anilines is 1. The summed E-state index contributed by atoms with van der Waals surface area (Å²) in [5.41, 5.74) is 1.19. The zero-order chi connectivity index (χ0) is 13.0. The standard InChI is InChI=1S/C14H23N3O/c1-16-9-5-7-13(16)12-6-4-8-14(15-12)17(2)10-11-18-3/h4,6,8,13H,5,7,9-11H2,1-3H3/t13-/m0/s1. The molecule has 2 rings (SSSR count). The van der Waals surface area contributed by atoms with E-state index in [0.717, 1.165) is 19.0 Å². The van der Waals surface area contributed by atoms with Gasteiger partial charge in [0, 0.05) is 20.7 Å². The summed E-state index contributed by atoms with van der Waals surface area (Å²) in [7, 11) is 5.97. The molecule has 0 spiro atoms. The van der Waals surface area contributed by atoms with Gasteiger partial charge in [-0.25, -0.2) is 4.98 Å². The third-order valence-electron chi connectivity index (χ3n) is 3.64. The van der Waals surface area contributed by atoms with Crippen molar-refractivity contribution < 1.29 is 4.74 Å². The highest BCUT2D eigenvalue weighted by molar-refractivity contribution is 5.38. The van der Waals surface area contributed by atoms with Gasteiger partial charge in [0.05, 0.1) is 18.3 Å². The zero-order valence-corrected chi connectivity index (χ0v) is 11.6. The average Bonchev–Trinajstić information content (AvgIpc) is 2.82. The lowest BCUT2D eigenvalue weighted by Gasteiger charge is -2.22. The van der Waals surface area contributed by atoms with Gasteiger partial charge in [0.1, 0.15) is 5.82 Å². The fourth-order valence-electron chi connectivity index (χ4n) is 2.46. The van der Waals surface area contributed by atoms with Crippen LogP contribution in [0.1, 0.15) is 24.6 Å². The number of aromatic nitrogens is 1. The maximum absolute atomic E-state index is 5.10. The Morgan fingerprint density at radius 3 is 3.00 bits per heavy atom. The summed E-state index contributed by atoms with van der Waals surface area (Å²) in [6.07, 6.45) is 2.49. The van der Waals surface area contributed by atoms with Gasteiger partial charge in [-0.3, -0.25) is 4.90 Å². The van der Waals surface area contributed by atoms with Crippen molar-refractivity contribution in [2.45, 2.75) is 18.9 Å². The molecule has 1 aromatic rings. The van der Waals surface area contributed by atoms with Crippen molar-refractivity contribution >= 4 is 5.82 Å². The van der Waals surface area contributed by atoms with E-state index in [9.17, 15) is 0 Å². The summed E-state index contributed by atoms with van der Waals surface area (Å²) in [6, 6.07) is 6.79. The third-order valence-corrected chi connectivity index (χ3v) is 3.64. The number of methoxy groups -OCH3 is 1. The van der Waals surface area contributed by atoms with E-state index >= 15 is 0 Å². The van der Waals surface area contributed by atoms with Crippen molar-refractivity contribution in [3.8, 4) is 0 Å². The zero-order valence-electron chi connectivity index (χ0n) is 11.6. The SMILES string of the molecule is COCCN(C)c1cccc([C@@H]2CCCN2C)n1. The van der Waals surface area contributed by atoms with E-state index in [2.05, 4.69) is 42.1 Å². The Balaban J connectivity index is 2.09. The molecule has 1 fully saturated rings. The molecule has 18 heavy (non-hydrogen) atoms. The molecule has 0 aliphatic carbocycles. The number of rotatable bonds is 5. The van der Waals surface area contributed by atoms with Crippen molar-refractivity contribution in [1.29, 1.82) is 0 Å². The lowest BCUT2D eigenvalue weighted by atomic mass is 10.1. The molecular formula is C14H23N3O. The minimum atomic E-state index is 0.487. The highest BCUT2D eigenvalue weighted by atomic mass is 16.5. The Kier molecular flexibility index (Phi) is 4.55. The topological polar surface area (TPSA) is 28.6 Å². The summed E-state index contributed by atoms with van der Waals surface area (Å²) in [4.78, 5) is 9.32. The van der Waals surface area contributed by atoms with E-state index in [1.54, 1.807) is 7.11 Å². The van der Waals surface area contributed by atoms with Gasteiger partial charge in [0.15, 0.2) is 0 Å². The highest BCUT2D eigenvalue weighted by Crippen LogP contribution is 2.29. The largest absolute Gasteiger partial charge is 0.383 e. The molecule has 1 saturated heterocycles. The quantitative estimate of drug-likeness (QED) is 0.797. The molecule has 100 valence electrons. The average molecular weight is 249 g/mol. The van der Waals surface area contributed by atoms with Crippen LogP contribution in [0.25, 0.3) is 0 Å². The van der Waals surface area contributed by atoms with Crippen molar-refractivity contribution in [1.82, 2.24) is 9.88 Å². The number of nitrogens with zero attached hydrogens (tertiary/aromatic N) is 3. The Bertz CT molecular complexity index is 383. The smallest absolute Gasteiger partial charge is 0.128 e. The van der Waals surface area contributed by atoms with Crippen LogP contribution in [0.5, 0.6) is 0 Å². The van der Waals surface area contributed by atoms with E-state index in [0.29, 0.717) is 6.04 Å². The molecule has 1 aliphatic heterocycles. The van der Waals surface area contributed by atoms with E-state index in [4.69, 9.17) is 9.72 Å². The lowest BCUT2D eigenvalue weighted by Crippen LogP contribution is -2.24. The summed E-state index contributed by atoms with van der Waals surface area (Å²) in [6.45, 7) is 2.77. The first-order chi connectivity index (χ1) is 8.72. The molecule has 0 amide bonds. The number of ether oxygens (including phenoxy) is 1. The highest BCUT2D eigenvalue weighted by Gasteiger charge is 2.23. The molecule has 0 unspecified atom stereocenters. The van der Waals surface area contributed by atoms with Crippen molar-refractivity contribution in [3.05, 3.63) is 23.9 Å². The summed E-state index contributed by atoms with van der Waals surface area (Å²) < 4.78 is 5.10. The van der Waals surface area contributed by atoms with Gasteiger partial charge >= 0.3 is 0 Å². The monoisotopic (exact) mass is 249 g/mol. The fourth-order valence-corrected chi connectivity index (χ4v) is 2.46. The number of likely N-dealkylation sites (tertiary alicyclic amines) is 1. The van der Waals surface area contributed by atoms with Crippen molar-refractivity contribution in [2.75, 3.05) is 45.8 Å². The Morgan fingerprint density at radius 2 is 2.33 bits per heavy atom. The normalized spacial score (nSPS) is 20.3. The number of hydrogen-bond acceptors (Lipinski definition) is 4. The first-order valence-electron chi connectivity index (χ1n) is 6.59. The van der Waals surface area contributed by atoms with Crippen LogP contribution >= 0.6 is 0 Å². The molecule has 1 atom stereocenters. The van der Waals surface area contributed by atoms with Crippen LogP contribution in [0.15, 0.2) is 18.2 Å². The van der Waals surface area contributed by atoms with E-state index in [1.165, 1.54) is 25.1 Å². The Hall–Kier alpha value is -1.13. The third kappa shape index (κ3) is 3.00. The van der Waals surface area contributed by atoms with Gasteiger partial charge in [-0.15, -0.1) is 0 Å². The first kappa shape index (κ1) is 13.3. The first-order valence-corrected chi connectivity index (χ1v) is 6.59. The summed E-state index contributed by atoms with van der Waals surface area (Å²) >= 11 is 0. The van der Waals surface area contributed by atoms with Gasteiger partial charge < -0.3 is 9.64 Å². The molecule has 4 heteroatoms. The van der Waals surface area contributed by atoms with Crippen LogP contribution in [0, 0.1) is 0 Å². The molecule has 1 aromatic heterocycles. The lowest BCUT2D eigenvalue weighted by molar-refractivity contribution is 0.206. The van der Waals surface area contributed by atoms with Crippen LogP contribution in [0.4, 0.5) is 5.82 Å². The van der Waals surface area contributed by atoms with Gasteiger partial charge in [0.25, 0.3) is 0 Å². The second kappa shape index (κ2) is 6.16. The van der Waals surface area contributed by atoms with Crippen LogP contribution in [0.2, 0.25) is 0 Å². The van der Waals surface area contributed by atoms with Crippen molar-refractivity contribution in [3.63, 3.8) is 0 Å². The summed E-state index contributed by atoms with van der Waals surface area (Å²) in [5, 5.41) is 0. The molecule has 0 saturated carbocycles. The molecule has 0 aromatic carbocycles. The summed E-state index contributed by atoms with van der Waals surface area (Å²) in [5.74, 6) is 1.03. The predicted molar refractivity (Wildman–Crippen MR) is 74.0 cm³/mol. The van der Waals surface area contributed by atoms with Crippen LogP contribution < -0.4 is 4.90 Å². The second-order valence-electron chi connectivity index (χ2n) is 4.97. The van der Waals surface area contributed by atoms with E-state index in [1.807, 2.05) is 0 Å². The number of pyridine rings is 1. The Labute approximate surface area is 110 Å². The molecule has 1 aliphatic rings. The van der Waals surface area contributed by atoms with E-state index in [-0.39, 0.29) is 0 Å². The van der Waals surface area contributed by atoms with Gasteiger partial charge in [0.2, 0.25) is 0 Å². The van der Waals surface area contributed by atoms with Crippen LogP contribution in [-0.4, -0.2) is 50.8 Å². The molecule has 2 heterocycles. The molecule has 0 radical (unpaired) electrons. The van der Waals surface area contributed by atoms with Crippen LogP contribution in [0.3, 0.4) is 0 Å². The van der Waals surface area contributed by atoms with E-state index < -0.39 is 0 Å². The fraction of sp³-hybridized carbons (Fsp3) is 0.643. The van der Waals surface area contributed by atoms with Gasteiger partial charge in [-0.1, -0.05) is 6.07 Å². The minimum Gasteiger partial charge on any atom is -0.383 e. The van der Waals surface area contributed by atoms with Gasteiger partial charge in [-0.2, -0.15) is 0 Å². The molecule has 0 bridgehead atoms. The van der Waals surface area contributed by atoms with Gasteiger partial charge in [-0.05, 0) is 38.6 Å². The van der Waals surface area contributed by atoms with Crippen LogP contribution in [-0.2, 0) is 4.74 Å². The van der Waals surface area contributed by atoms with Crippen molar-refractivity contribution in [2.24, 2.45) is 0 Å².